The van der Waals surface area contributed by atoms with Crippen molar-refractivity contribution in [2.45, 2.75) is 25.3 Å². The summed E-state index contributed by atoms with van der Waals surface area (Å²) in [4.78, 5) is 13.8. The van der Waals surface area contributed by atoms with Gasteiger partial charge in [0, 0.05) is 31.7 Å². The Morgan fingerprint density at radius 2 is 2.07 bits per heavy atom. The van der Waals surface area contributed by atoms with Crippen LogP contribution in [0.2, 0.25) is 0 Å². The lowest BCUT2D eigenvalue weighted by atomic mass is 10.3. The highest BCUT2D eigenvalue weighted by atomic mass is 16.2. The van der Waals surface area contributed by atoms with Gasteiger partial charge in [0.05, 0.1) is 6.54 Å². The largest absolute Gasteiger partial charge is 0.350 e. The summed E-state index contributed by atoms with van der Waals surface area (Å²) in [6.07, 6.45) is 2.28. The molecule has 2 fully saturated rings. The first-order chi connectivity index (χ1) is 6.68. The van der Waals surface area contributed by atoms with Crippen LogP contribution in [0.25, 0.3) is 0 Å². The van der Waals surface area contributed by atoms with Crippen molar-refractivity contribution in [2.75, 3.05) is 32.7 Å². The highest BCUT2D eigenvalue weighted by Gasteiger charge is 2.38. The molecule has 0 spiro atoms. The molecule has 2 N–H and O–H groups in total. The molecule has 14 heavy (non-hydrogen) atoms. The normalized spacial score (nSPS) is 25.8. The zero-order chi connectivity index (χ0) is 10.0. The quantitative estimate of drug-likeness (QED) is 0.645. The van der Waals surface area contributed by atoms with Crippen LogP contribution in [-0.2, 0) is 4.79 Å². The number of hydrogen-bond donors (Lipinski definition) is 2. The van der Waals surface area contributed by atoms with Crippen LogP contribution in [0.1, 0.15) is 19.8 Å². The number of amides is 1. The van der Waals surface area contributed by atoms with Gasteiger partial charge in [-0.15, -0.1) is 0 Å². The number of nitrogens with zero attached hydrogens (tertiary/aromatic N) is 1. The van der Waals surface area contributed by atoms with Crippen molar-refractivity contribution in [2.24, 2.45) is 0 Å². The van der Waals surface area contributed by atoms with E-state index in [1.165, 1.54) is 0 Å². The molecule has 1 aliphatic heterocycles. The molecule has 0 atom stereocenters. The summed E-state index contributed by atoms with van der Waals surface area (Å²) in [7, 11) is 0. The third-order valence-electron chi connectivity index (χ3n) is 3.02. The Bertz CT molecular complexity index is 219. The highest BCUT2D eigenvalue weighted by molar-refractivity contribution is 5.79. The molecular formula is C10H19N3O. The molecule has 1 amide bonds. The van der Waals surface area contributed by atoms with Gasteiger partial charge in [-0.05, 0) is 19.8 Å². The number of hydrogen-bond acceptors (Lipinski definition) is 3. The van der Waals surface area contributed by atoms with Crippen LogP contribution in [0, 0.1) is 0 Å². The smallest absolute Gasteiger partial charge is 0.234 e. The number of carbonyl (C=O) groups excluding carboxylic acids is 1. The van der Waals surface area contributed by atoms with Gasteiger partial charge < -0.3 is 10.6 Å². The average molecular weight is 197 g/mol. The Morgan fingerprint density at radius 3 is 2.64 bits per heavy atom. The van der Waals surface area contributed by atoms with E-state index in [-0.39, 0.29) is 11.4 Å². The van der Waals surface area contributed by atoms with Crippen LogP contribution in [0.3, 0.4) is 0 Å². The maximum atomic E-state index is 11.6. The standard InChI is InChI=1S/C10H19N3O/c1-10(2-3-10)12-9(14)8-13-6-4-11-5-7-13/h11H,2-8H2,1H3,(H,12,14). The minimum atomic E-state index is 0.130. The monoisotopic (exact) mass is 197 g/mol. The third kappa shape index (κ3) is 2.69. The summed E-state index contributed by atoms with van der Waals surface area (Å²) in [5, 5.41) is 6.35. The van der Waals surface area contributed by atoms with E-state index >= 15 is 0 Å². The van der Waals surface area contributed by atoms with Crippen LogP contribution in [-0.4, -0.2) is 49.1 Å². The Kier molecular flexibility index (Phi) is 2.74. The van der Waals surface area contributed by atoms with Gasteiger partial charge in [0.15, 0.2) is 0 Å². The molecule has 4 nitrogen and oxygen atoms in total. The van der Waals surface area contributed by atoms with Crippen molar-refractivity contribution in [1.82, 2.24) is 15.5 Å². The fourth-order valence-electron chi connectivity index (χ4n) is 1.76. The number of piperazine rings is 1. The molecular weight excluding hydrogens is 178 g/mol. The third-order valence-corrected chi connectivity index (χ3v) is 3.02. The number of nitrogens with one attached hydrogen (secondary N) is 2. The van der Waals surface area contributed by atoms with Gasteiger partial charge in [0.25, 0.3) is 0 Å². The fourth-order valence-corrected chi connectivity index (χ4v) is 1.76. The van der Waals surface area contributed by atoms with E-state index in [9.17, 15) is 4.79 Å². The summed E-state index contributed by atoms with van der Waals surface area (Å²) in [6.45, 7) is 6.67. The summed E-state index contributed by atoms with van der Waals surface area (Å²) >= 11 is 0. The highest BCUT2D eigenvalue weighted by Crippen LogP contribution is 2.34. The van der Waals surface area contributed by atoms with Gasteiger partial charge in [-0.1, -0.05) is 0 Å². The Balaban J connectivity index is 1.70. The van der Waals surface area contributed by atoms with Gasteiger partial charge in [0.2, 0.25) is 5.91 Å². The maximum absolute atomic E-state index is 11.6. The first kappa shape index (κ1) is 9.93. The molecule has 2 aliphatic rings. The lowest BCUT2D eigenvalue weighted by molar-refractivity contribution is -0.123. The zero-order valence-corrected chi connectivity index (χ0v) is 8.81. The fraction of sp³-hybridized carbons (Fsp3) is 0.900. The Hall–Kier alpha value is -0.610. The van der Waals surface area contributed by atoms with E-state index in [0.717, 1.165) is 39.0 Å². The average Bonchev–Trinajstić information content (AvgIpc) is 2.84. The summed E-state index contributed by atoms with van der Waals surface area (Å²) in [5.74, 6) is 0.187. The lowest BCUT2D eigenvalue weighted by Crippen LogP contribution is -2.49. The van der Waals surface area contributed by atoms with Crippen LogP contribution in [0.15, 0.2) is 0 Å². The topological polar surface area (TPSA) is 44.4 Å². The van der Waals surface area contributed by atoms with Crippen molar-refractivity contribution in [3.05, 3.63) is 0 Å². The van der Waals surface area contributed by atoms with E-state index in [0.29, 0.717) is 6.54 Å². The molecule has 1 saturated carbocycles. The SMILES string of the molecule is CC1(NC(=O)CN2CCNCC2)CC1. The van der Waals surface area contributed by atoms with Crippen LogP contribution < -0.4 is 10.6 Å². The van der Waals surface area contributed by atoms with Gasteiger partial charge in [-0.3, -0.25) is 9.69 Å². The van der Waals surface area contributed by atoms with E-state index in [1.807, 2.05) is 0 Å². The molecule has 2 rings (SSSR count). The molecule has 0 unspecified atom stereocenters. The number of rotatable bonds is 3. The minimum Gasteiger partial charge on any atom is -0.350 e. The van der Waals surface area contributed by atoms with Crippen LogP contribution in [0.5, 0.6) is 0 Å². The molecule has 0 aromatic rings. The van der Waals surface area contributed by atoms with Gasteiger partial charge in [0.1, 0.15) is 0 Å². The van der Waals surface area contributed by atoms with Crippen LogP contribution in [0.4, 0.5) is 0 Å². The van der Waals surface area contributed by atoms with Crippen LogP contribution >= 0.6 is 0 Å². The van der Waals surface area contributed by atoms with Crippen molar-refractivity contribution in [1.29, 1.82) is 0 Å². The van der Waals surface area contributed by atoms with E-state index in [1.54, 1.807) is 0 Å². The summed E-state index contributed by atoms with van der Waals surface area (Å²) in [5.41, 5.74) is 0.130. The first-order valence-electron chi connectivity index (χ1n) is 5.42. The predicted octanol–water partition coefficient (Wildman–Crippen LogP) is -0.440. The Labute approximate surface area is 85.0 Å². The maximum Gasteiger partial charge on any atom is 0.234 e. The molecule has 0 bridgehead atoms. The molecule has 1 heterocycles. The second-order valence-electron chi connectivity index (χ2n) is 4.63. The Morgan fingerprint density at radius 1 is 1.43 bits per heavy atom. The summed E-state index contributed by atoms with van der Waals surface area (Å²) < 4.78 is 0. The molecule has 0 aromatic heterocycles. The first-order valence-corrected chi connectivity index (χ1v) is 5.42. The molecule has 4 heteroatoms. The van der Waals surface area contributed by atoms with E-state index in [4.69, 9.17) is 0 Å². The van der Waals surface area contributed by atoms with E-state index in [2.05, 4.69) is 22.5 Å². The molecule has 0 aromatic carbocycles. The second kappa shape index (κ2) is 3.87. The number of carbonyl (C=O) groups is 1. The zero-order valence-electron chi connectivity index (χ0n) is 8.81. The predicted molar refractivity (Wildman–Crippen MR) is 55.1 cm³/mol. The minimum absolute atomic E-state index is 0.130. The van der Waals surface area contributed by atoms with E-state index < -0.39 is 0 Å². The lowest BCUT2D eigenvalue weighted by Gasteiger charge is -2.27. The van der Waals surface area contributed by atoms with Gasteiger partial charge in [-0.2, -0.15) is 0 Å². The molecule has 0 radical (unpaired) electrons. The van der Waals surface area contributed by atoms with Gasteiger partial charge >= 0.3 is 0 Å². The van der Waals surface area contributed by atoms with Crippen molar-refractivity contribution < 1.29 is 4.79 Å². The van der Waals surface area contributed by atoms with Crippen molar-refractivity contribution in [3.63, 3.8) is 0 Å². The molecule has 1 saturated heterocycles. The summed E-state index contributed by atoms with van der Waals surface area (Å²) in [6, 6.07) is 0. The molecule has 1 aliphatic carbocycles. The van der Waals surface area contributed by atoms with Crippen molar-refractivity contribution in [3.8, 4) is 0 Å². The molecule has 80 valence electrons. The van der Waals surface area contributed by atoms with Crippen molar-refractivity contribution >= 4 is 5.91 Å². The van der Waals surface area contributed by atoms with Gasteiger partial charge in [-0.25, -0.2) is 0 Å². The second-order valence-corrected chi connectivity index (χ2v) is 4.63.